The van der Waals surface area contributed by atoms with Gasteiger partial charge in [-0.25, -0.2) is 17.6 Å². The quantitative estimate of drug-likeness (QED) is 0.389. The smallest absolute Gasteiger partial charge is 0.251 e. The van der Waals surface area contributed by atoms with E-state index in [1.807, 2.05) is 0 Å². The van der Waals surface area contributed by atoms with Crippen molar-refractivity contribution >= 4 is 0 Å². The first-order valence-electron chi connectivity index (χ1n) is 10.1. The van der Waals surface area contributed by atoms with Crippen LogP contribution in [0.15, 0.2) is 36.4 Å². The summed E-state index contributed by atoms with van der Waals surface area (Å²) in [5, 5.41) is 0. The molecule has 0 saturated heterocycles. The number of alkyl halides is 5. The molecule has 0 aliphatic heterocycles. The largest absolute Gasteiger partial charge is 0.332 e. The summed E-state index contributed by atoms with van der Waals surface area (Å²) in [4.78, 5) is 0. The van der Waals surface area contributed by atoms with Crippen molar-refractivity contribution in [3.63, 3.8) is 0 Å². The average molecular weight is 432 g/mol. The van der Waals surface area contributed by atoms with Crippen molar-refractivity contribution in [2.45, 2.75) is 56.8 Å². The summed E-state index contributed by atoms with van der Waals surface area (Å²) < 4.78 is 93.5. The zero-order chi connectivity index (χ0) is 21.9. The van der Waals surface area contributed by atoms with Gasteiger partial charge in [0.15, 0.2) is 0 Å². The summed E-state index contributed by atoms with van der Waals surface area (Å²) >= 11 is 0. The second kappa shape index (κ2) is 9.40. The minimum absolute atomic E-state index is 0.000275. The Kier molecular flexibility index (Phi) is 7.09. The third-order valence-corrected chi connectivity index (χ3v) is 5.96. The highest BCUT2D eigenvalue weighted by molar-refractivity contribution is 5.66. The number of rotatable bonds is 7. The molecule has 0 radical (unpaired) electrons. The van der Waals surface area contributed by atoms with Gasteiger partial charge in [0.25, 0.3) is 0 Å². The maximum atomic E-state index is 14.7. The van der Waals surface area contributed by atoms with Gasteiger partial charge in [0.05, 0.1) is 12.2 Å². The highest BCUT2D eigenvalue weighted by Gasteiger charge is 2.42. The molecule has 0 heterocycles. The average Bonchev–Trinajstić information content (AvgIpc) is 2.72. The molecule has 164 valence electrons. The van der Waals surface area contributed by atoms with E-state index in [1.165, 1.54) is 12.1 Å². The van der Waals surface area contributed by atoms with Crippen molar-refractivity contribution in [3.05, 3.63) is 59.2 Å². The minimum atomic E-state index is -4.33. The lowest BCUT2D eigenvalue weighted by molar-refractivity contribution is -0.135. The van der Waals surface area contributed by atoms with E-state index >= 15 is 0 Å². The van der Waals surface area contributed by atoms with Gasteiger partial charge in [0.1, 0.15) is 11.6 Å². The van der Waals surface area contributed by atoms with Gasteiger partial charge >= 0.3 is 12.3 Å². The first-order chi connectivity index (χ1) is 14.2. The molecule has 0 N–H and O–H groups in total. The Hall–Kier alpha value is -2.05. The van der Waals surface area contributed by atoms with Gasteiger partial charge in [0.2, 0.25) is 0 Å². The van der Waals surface area contributed by atoms with Gasteiger partial charge in [-0.1, -0.05) is 24.3 Å². The summed E-state index contributed by atoms with van der Waals surface area (Å²) in [6.07, 6.45) is 0.799. The second-order valence-electron chi connectivity index (χ2n) is 7.91. The van der Waals surface area contributed by atoms with E-state index < -0.39 is 29.5 Å². The van der Waals surface area contributed by atoms with Crippen LogP contribution in [0.5, 0.6) is 0 Å². The Balaban J connectivity index is 1.77. The fraction of sp³-hybridized carbons (Fsp3) is 0.478. The van der Waals surface area contributed by atoms with Crippen LogP contribution >= 0.6 is 0 Å². The van der Waals surface area contributed by atoms with Gasteiger partial charge in [0, 0.05) is 5.56 Å². The summed E-state index contributed by atoms with van der Waals surface area (Å²) in [5.74, 6) is -5.52. The number of hydrogen-bond acceptors (Lipinski definition) is 0. The van der Waals surface area contributed by atoms with Gasteiger partial charge in [-0.3, -0.25) is 4.39 Å². The molecule has 1 saturated carbocycles. The summed E-state index contributed by atoms with van der Waals surface area (Å²) in [7, 11) is 0. The first kappa shape index (κ1) is 22.6. The van der Waals surface area contributed by atoms with E-state index in [-0.39, 0.29) is 23.7 Å². The normalized spacial score (nSPS) is 20.0. The molecule has 0 aromatic heterocycles. The van der Waals surface area contributed by atoms with Crippen molar-refractivity contribution < 1.29 is 30.7 Å². The van der Waals surface area contributed by atoms with Gasteiger partial charge in [-0.15, -0.1) is 0 Å². The van der Waals surface area contributed by atoms with Crippen molar-refractivity contribution in [1.29, 1.82) is 0 Å². The van der Waals surface area contributed by atoms with Crippen molar-refractivity contribution in [3.8, 4) is 11.1 Å². The second-order valence-corrected chi connectivity index (χ2v) is 7.91. The van der Waals surface area contributed by atoms with Crippen molar-refractivity contribution in [2.75, 3.05) is 6.67 Å². The van der Waals surface area contributed by atoms with Crippen LogP contribution in [-0.4, -0.2) is 13.1 Å². The topological polar surface area (TPSA) is 0 Å². The van der Waals surface area contributed by atoms with E-state index in [9.17, 15) is 30.7 Å². The predicted molar refractivity (Wildman–Crippen MR) is 102 cm³/mol. The standard InChI is InChI=1S/C23H23F7/c24-11-1-2-14-3-5-15(6-4-14)17-12-19(25)21(20(26)13-17)16-7-9-18(10-8-16)23(29,30)22(27)28/h7-10,12-15,22H,1-6,11H2. The fourth-order valence-electron chi connectivity index (χ4n) is 4.24. The third-order valence-electron chi connectivity index (χ3n) is 5.96. The van der Waals surface area contributed by atoms with Crippen LogP contribution in [-0.2, 0) is 5.92 Å². The fourth-order valence-corrected chi connectivity index (χ4v) is 4.24. The maximum absolute atomic E-state index is 14.7. The Morgan fingerprint density at radius 2 is 1.47 bits per heavy atom. The minimum Gasteiger partial charge on any atom is -0.251 e. The lowest BCUT2D eigenvalue weighted by atomic mass is 9.77. The molecule has 2 aromatic carbocycles. The molecule has 2 aromatic rings. The van der Waals surface area contributed by atoms with Crippen LogP contribution in [0, 0.1) is 17.6 Å². The summed E-state index contributed by atoms with van der Waals surface area (Å²) in [6.45, 7) is -0.335. The molecule has 0 bridgehead atoms. The zero-order valence-corrected chi connectivity index (χ0v) is 16.3. The summed E-state index contributed by atoms with van der Waals surface area (Å²) in [5.41, 5.74) is -0.746. The molecule has 30 heavy (non-hydrogen) atoms. The van der Waals surface area contributed by atoms with E-state index in [0.29, 0.717) is 17.9 Å². The molecule has 1 aliphatic rings. The number of benzene rings is 2. The Bertz CT molecular complexity index is 814. The zero-order valence-electron chi connectivity index (χ0n) is 16.3. The molecule has 7 heteroatoms. The molecule has 0 nitrogen and oxygen atoms in total. The van der Waals surface area contributed by atoms with Crippen LogP contribution < -0.4 is 0 Å². The number of hydrogen-bond donors (Lipinski definition) is 0. The highest BCUT2D eigenvalue weighted by Crippen LogP contribution is 2.40. The Labute approximate surface area is 171 Å². The van der Waals surface area contributed by atoms with Crippen LogP contribution in [0.4, 0.5) is 30.7 Å². The SMILES string of the molecule is FCCCC1CCC(c2cc(F)c(-c3ccc(C(F)(F)C(F)F)cc3)c(F)c2)CC1. The van der Waals surface area contributed by atoms with Crippen LogP contribution in [0.1, 0.15) is 55.6 Å². The molecule has 1 fully saturated rings. The van der Waals surface area contributed by atoms with Gasteiger partial charge in [-0.2, -0.15) is 8.78 Å². The maximum Gasteiger partial charge on any atom is 0.332 e. The Morgan fingerprint density at radius 3 is 1.97 bits per heavy atom. The predicted octanol–water partition coefficient (Wildman–Crippen LogP) is 8.01. The van der Waals surface area contributed by atoms with Crippen LogP contribution in [0.25, 0.3) is 11.1 Å². The van der Waals surface area contributed by atoms with Gasteiger partial charge in [-0.05, 0) is 73.6 Å². The van der Waals surface area contributed by atoms with E-state index in [1.54, 1.807) is 0 Å². The molecule has 0 amide bonds. The lowest BCUT2D eigenvalue weighted by Gasteiger charge is -2.29. The Morgan fingerprint density at radius 1 is 0.900 bits per heavy atom. The monoisotopic (exact) mass is 432 g/mol. The third kappa shape index (κ3) is 4.81. The molecular weight excluding hydrogens is 409 g/mol. The molecule has 1 aliphatic carbocycles. The molecule has 0 atom stereocenters. The van der Waals surface area contributed by atoms with Crippen LogP contribution in [0.3, 0.4) is 0 Å². The van der Waals surface area contributed by atoms with E-state index in [0.717, 1.165) is 56.4 Å². The molecule has 3 rings (SSSR count). The van der Waals surface area contributed by atoms with Gasteiger partial charge < -0.3 is 0 Å². The summed E-state index contributed by atoms with van der Waals surface area (Å²) in [6, 6.07) is 6.06. The van der Waals surface area contributed by atoms with Crippen molar-refractivity contribution in [2.24, 2.45) is 5.92 Å². The lowest BCUT2D eigenvalue weighted by Crippen LogP contribution is -2.23. The van der Waals surface area contributed by atoms with E-state index in [4.69, 9.17) is 0 Å². The number of halogens is 7. The highest BCUT2D eigenvalue weighted by atomic mass is 19.3. The molecule has 0 unspecified atom stereocenters. The first-order valence-corrected chi connectivity index (χ1v) is 10.1. The molecule has 0 spiro atoms. The van der Waals surface area contributed by atoms with Crippen LogP contribution in [0.2, 0.25) is 0 Å². The van der Waals surface area contributed by atoms with Crippen molar-refractivity contribution in [1.82, 2.24) is 0 Å². The molecular formula is C23H23F7. The van der Waals surface area contributed by atoms with E-state index in [2.05, 4.69) is 0 Å².